The van der Waals surface area contributed by atoms with Gasteiger partial charge in [-0.05, 0) is 55.5 Å². The minimum atomic E-state index is -0.903. The Balaban J connectivity index is 1.44. The summed E-state index contributed by atoms with van der Waals surface area (Å²) < 4.78 is 0. The Labute approximate surface area is 179 Å². The van der Waals surface area contributed by atoms with Crippen molar-refractivity contribution >= 4 is 40.6 Å². The van der Waals surface area contributed by atoms with E-state index in [1.807, 2.05) is 23.1 Å². The van der Waals surface area contributed by atoms with Crippen molar-refractivity contribution in [3.05, 3.63) is 56.7 Å². The van der Waals surface area contributed by atoms with Crippen molar-refractivity contribution in [1.29, 1.82) is 0 Å². The van der Waals surface area contributed by atoms with Crippen LogP contribution < -0.4 is 0 Å². The smallest absolute Gasteiger partial charge is 0.345 e. The van der Waals surface area contributed by atoms with Gasteiger partial charge < -0.3 is 10.0 Å². The molecule has 0 unspecified atom stereocenters. The lowest BCUT2D eigenvalue weighted by Gasteiger charge is -2.24. The maximum Gasteiger partial charge on any atom is 0.345 e. The van der Waals surface area contributed by atoms with E-state index in [-0.39, 0.29) is 17.7 Å². The van der Waals surface area contributed by atoms with Crippen molar-refractivity contribution in [3.63, 3.8) is 0 Å². The van der Waals surface area contributed by atoms with E-state index in [1.54, 1.807) is 18.2 Å². The molecule has 1 aliphatic heterocycles. The summed E-state index contributed by atoms with van der Waals surface area (Å²) in [6.45, 7) is 0.648. The first-order chi connectivity index (χ1) is 13.9. The maximum atomic E-state index is 12.3. The van der Waals surface area contributed by atoms with E-state index < -0.39 is 5.97 Å². The number of carboxylic acid groups (broad SMARTS) is 1. The number of ketones is 1. The molecular weight excluding hydrogens is 410 g/mol. The molecule has 29 heavy (non-hydrogen) atoms. The quantitative estimate of drug-likeness (QED) is 0.593. The highest BCUT2D eigenvalue weighted by Gasteiger charge is 2.30. The average Bonchev–Trinajstić information content (AvgIpc) is 3.30. The number of halogens is 1. The minimum absolute atomic E-state index is 0.120. The number of hydrogen-bond donors (Lipinski definition) is 1. The molecule has 154 valence electrons. The molecule has 1 aliphatic rings. The zero-order chi connectivity index (χ0) is 20.8. The van der Waals surface area contributed by atoms with Crippen molar-refractivity contribution in [1.82, 2.24) is 4.90 Å². The number of aryl methyl sites for hydroxylation is 1. The number of carboxylic acids is 1. The molecule has 1 amide bonds. The van der Waals surface area contributed by atoms with Gasteiger partial charge in [-0.1, -0.05) is 23.7 Å². The van der Waals surface area contributed by atoms with E-state index in [2.05, 4.69) is 0 Å². The monoisotopic (exact) mass is 433 g/mol. The number of carbonyl (C=O) groups excluding carboxylic acids is 2. The highest BCUT2D eigenvalue weighted by molar-refractivity contribution is 7.13. The van der Waals surface area contributed by atoms with Crippen LogP contribution in [0.2, 0.25) is 5.02 Å². The van der Waals surface area contributed by atoms with Gasteiger partial charge in [-0.2, -0.15) is 0 Å². The third-order valence-electron chi connectivity index (χ3n) is 5.22. The molecule has 0 radical (unpaired) electrons. The number of carbonyl (C=O) groups is 3. The van der Waals surface area contributed by atoms with Crippen LogP contribution in [0.1, 0.15) is 52.2 Å². The van der Waals surface area contributed by atoms with E-state index in [0.29, 0.717) is 42.1 Å². The molecule has 0 aliphatic carbocycles. The summed E-state index contributed by atoms with van der Waals surface area (Å²) in [5.74, 6) is -0.580. The van der Waals surface area contributed by atoms with Crippen LogP contribution in [0.25, 0.3) is 0 Å². The maximum absolute atomic E-state index is 12.3. The first kappa shape index (κ1) is 21.5. The van der Waals surface area contributed by atoms with Crippen LogP contribution in [0.15, 0.2) is 36.4 Å². The zero-order valence-corrected chi connectivity index (χ0v) is 17.7. The van der Waals surface area contributed by atoms with Gasteiger partial charge in [0.25, 0.3) is 0 Å². The Morgan fingerprint density at radius 3 is 2.62 bits per heavy atom. The molecule has 1 aromatic carbocycles. The summed E-state index contributed by atoms with van der Waals surface area (Å²) >= 11 is 7.16. The average molecular weight is 434 g/mol. The van der Waals surface area contributed by atoms with Crippen molar-refractivity contribution in [3.8, 4) is 0 Å². The molecule has 3 rings (SSSR count). The molecular formula is C22H24ClNO4S. The Kier molecular flexibility index (Phi) is 7.45. The van der Waals surface area contributed by atoms with Crippen LogP contribution in [-0.4, -0.2) is 40.3 Å². The number of Topliss-reactive ketones (excluding diaryl/α,β-unsaturated/α-hetero) is 1. The zero-order valence-electron chi connectivity index (χ0n) is 16.1. The van der Waals surface area contributed by atoms with Crippen LogP contribution >= 0.6 is 22.9 Å². The van der Waals surface area contributed by atoms with E-state index in [0.717, 1.165) is 29.7 Å². The van der Waals surface area contributed by atoms with Gasteiger partial charge in [0.2, 0.25) is 5.91 Å². The molecule has 1 aromatic heterocycles. The lowest BCUT2D eigenvalue weighted by Crippen LogP contribution is -2.34. The van der Waals surface area contributed by atoms with Crippen molar-refractivity contribution in [2.24, 2.45) is 0 Å². The Morgan fingerprint density at radius 1 is 1.17 bits per heavy atom. The summed E-state index contributed by atoms with van der Waals surface area (Å²) in [5, 5.41) is 9.65. The molecule has 1 fully saturated rings. The van der Waals surface area contributed by atoms with Crippen LogP contribution in [-0.2, 0) is 22.4 Å². The van der Waals surface area contributed by atoms with Crippen molar-refractivity contribution in [2.75, 3.05) is 6.54 Å². The molecule has 0 bridgehead atoms. The molecule has 1 atom stereocenters. The second kappa shape index (κ2) is 10.0. The number of hydrogen-bond acceptors (Lipinski definition) is 4. The van der Waals surface area contributed by atoms with Gasteiger partial charge in [0.15, 0.2) is 0 Å². The molecule has 2 aromatic rings. The number of nitrogens with zero attached hydrogens (tertiary/aromatic N) is 1. The second-order valence-electron chi connectivity index (χ2n) is 7.33. The second-order valence-corrected chi connectivity index (χ2v) is 8.94. The summed E-state index contributed by atoms with van der Waals surface area (Å²) in [6, 6.07) is 10.9. The largest absolute Gasteiger partial charge is 0.477 e. The molecule has 7 heteroatoms. The number of amides is 1. The third kappa shape index (κ3) is 6.15. The Hall–Kier alpha value is -2.18. The van der Waals surface area contributed by atoms with Crippen molar-refractivity contribution < 1.29 is 19.5 Å². The first-order valence-electron chi connectivity index (χ1n) is 9.80. The van der Waals surface area contributed by atoms with Crippen LogP contribution in [0.3, 0.4) is 0 Å². The van der Waals surface area contributed by atoms with Crippen LogP contribution in [0, 0.1) is 0 Å². The lowest BCUT2D eigenvalue weighted by molar-refractivity contribution is -0.129. The fourth-order valence-electron chi connectivity index (χ4n) is 3.70. The van der Waals surface area contributed by atoms with E-state index >= 15 is 0 Å². The molecule has 0 saturated carbocycles. The third-order valence-corrected chi connectivity index (χ3v) is 6.60. The van der Waals surface area contributed by atoms with Gasteiger partial charge >= 0.3 is 5.97 Å². The molecule has 5 nitrogen and oxygen atoms in total. The van der Waals surface area contributed by atoms with E-state index in [4.69, 9.17) is 16.7 Å². The standard InChI is InChI=1S/C22H24ClNO4S/c23-16-5-3-15(4-6-16)14-18(25)9-7-17-8-12-21(26)24(17)13-1-2-19-10-11-20(29-19)22(27)28/h3-6,10-11,17H,1-2,7-9,12-14H2,(H,27,28)/t17-/m0/s1. The topological polar surface area (TPSA) is 74.7 Å². The summed E-state index contributed by atoms with van der Waals surface area (Å²) in [4.78, 5) is 38.8. The Bertz CT molecular complexity index is 877. The molecule has 1 N–H and O–H groups in total. The van der Waals surface area contributed by atoms with Gasteiger partial charge in [0.05, 0.1) is 0 Å². The lowest BCUT2D eigenvalue weighted by atomic mass is 10.0. The van der Waals surface area contributed by atoms with Crippen LogP contribution in [0.4, 0.5) is 0 Å². The van der Waals surface area contributed by atoms with E-state index in [9.17, 15) is 14.4 Å². The summed E-state index contributed by atoms with van der Waals surface area (Å²) in [6.07, 6.45) is 4.43. The summed E-state index contributed by atoms with van der Waals surface area (Å²) in [7, 11) is 0. The fourth-order valence-corrected chi connectivity index (χ4v) is 4.71. The molecule has 1 saturated heterocycles. The van der Waals surface area contributed by atoms with Gasteiger partial charge in [-0.15, -0.1) is 11.3 Å². The number of benzene rings is 1. The predicted molar refractivity (Wildman–Crippen MR) is 114 cm³/mol. The Morgan fingerprint density at radius 2 is 1.93 bits per heavy atom. The first-order valence-corrected chi connectivity index (χ1v) is 11.0. The van der Waals surface area contributed by atoms with Crippen LogP contribution in [0.5, 0.6) is 0 Å². The minimum Gasteiger partial charge on any atom is -0.477 e. The van der Waals surface area contributed by atoms with Gasteiger partial charge in [-0.3, -0.25) is 9.59 Å². The predicted octanol–water partition coefficient (Wildman–Crippen LogP) is 4.62. The van der Waals surface area contributed by atoms with Crippen molar-refractivity contribution in [2.45, 2.75) is 51.0 Å². The normalized spacial score (nSPS) is 16.4. The molecule has 0 spiro atoms. The highest BCUT2D eigenvalue weighted by atomic mass is 35.5. The SMILES string of the molecule is O=C(CC[C@H]1CCC(=O)N1CCCc1ccc(C(=O)O)s1)Cc1ccc(Cl)cc1. The number of rotatable bonds is 10. The number of thiophene rings is 1. The van der Waals surface area contributed by atoms with E-state index in [1.165, 1.54) is 11.3 Å². The highest BCUT2D eigenvalue weighted by Crippen LogP contribution is 2.25. The van der Waals surface area contributed by atoms with Gasteiger partial charge in [0.1, 0.15) is 10.7 Å². The number of aromatic carboxylic acids is 1. The number of likely N-dealkylation sites (tertiary alicyclic amines) is 1. The van der Waals surface area contributed by atoms with Gasteiger partial charge in [0, 0.05) is 41.7 Å². The summed E-state index contributed by atoms with van der Waals surface area (Å²) in [5.41, 5.74) is 0.954. The molecule has 2 heterocycles. The van der Waals surface area contributed by atoms with Gasteiger partial charge in [-0.25, -0.2) is 4.79 Å². The fraction of sp³-hybridized carbons (Fsp3) is 0.409.